The van der Waals surface area contributed by atoms with E-state index in [1.807, 2.05) is 43.7 Å². The van der Waals surface area contributed by atoms with Gasteiger partial charge in [0.2, 0.25) is 0 Å². The van der Waals surface area contributed by atoms with E-state index in [2.05, 4.69) is 15.5 Å². The standard InChI is InChI=1S/C19H21N5O2/c1-23-12-15(11-21-23)18(14-9-17(25)10-14)22-19(26)13-4-2-5-16(8-13)24-7-3-6-20-24/h2-8,11-12,14,17-18,25H,9-10H2,1H3,(H,22,26)/t14?,17?,18-/m0/s1. The van der Waals surface area contributed by atoms with Crippen LogP contribution in [0.15, 0.2) is 55.1 Å². The number of hydrogen-bond donors (Lipinski definition) is 2. The number of aryl methyl sites for hydroxylation is 1. The van der Waals surface area contributed by atoms with Gasteiger partial charge in [-0.3, -0.25) is 9.48 Å². The summed E-state index contributed by atoms with van der Waals surface area (Å²) in [5.41, 5.74) is 2.37. The van der Waals surface area contributed by atoms with Crippen molar-refractivity contribution in [2.24, 2.45) is 13.0 Å². The zero-order valence-electron chi connectivity index (χ0n) is 14.5. The van der Waals surface area contributed by atoms with Crippen molar-refractivity contribution in [2.75, 3.05) is 0 Å². The molecule has 1 saturated carbocycles. The van der Waals surface area contributed by atoms with Crippen LogP contribution in [-0.2, 0) is 7.05 Å². The Hall–Kier alpha value is -2.93. The number of nitrogens with zero attached hydrogens (tertiary/aromatic N) is 4. The van der Waals surface area contributed by atoms with Gasteiger partial charge < -0.3 is 10.4 Å². The van der Waals surface area contributed by atoms with Crippen LogP contribution in [0.4, 0.5) is 0 Å². The molecule has 26 heavy (non-hydrogen) atoms. The molecule has 0 aliphatic heterocycles. The molecule has 1 atom stereocenters. The van der Waals surface area contributed by atoms with Crippen LogP contribution in [0.3, 0.4) is 0 Å². The van der Waals surface area contributed by atoms with Crippen molar-refractivity contribution in [2.45, 2.75) is 25.0 Å². The molecule has 0 bridgehead atoms. The van der Waals surface area contributed by atoms with Crippen molar-refractivity contribution in [1.82, 2.24) is 24.9 Å². The number of carbonyl (C=O) groups excluding carboxylic acids is 1. The largest absolute Gasteiger partial charge is 0.393 e. The topological polar surface area (TPSA) is 85.0 Å². The highest BCUT2D eigenvalue weighted by Gasteiger charge is 2.36. The van der Waals surface area contributed by atoms with Crippen molar-refractivity contribution < 1.29 is 9.90 Å². The van der Waals surface area contributed by atoms with Gasteiger partial charge in [0.25, 0.3) is 5.91 Å². The van der Waals surface area contributed by atoms with Crippen molar-refractivity contribution in [1.29, 1.82) is 0 Å². The highest BCUT2D eigenvalue weighted by Crippen LogP contribution is 2.38. The minimum Gasteiger partial charge on any atom is -0.393 e. The molecule has 0 radical (unpaired) electrons. The minimum absolute atomic E-state index is 0.144. The van der Waals surface area contributed by atoms with Crippen LogP contribution in [0.25, 0.3) is 5.69 Å². The summed E-state index contributed by atoms with van der Waals surface area (Å²) in [6, 6.07) is 9.04. The molecule has 7 nitrogen and oxygen atoms in total. The maximum Gasteiger partial charge on any atom is 0.251 e. The maximum absolute atomic E-state index is 12.9. The van der Waals surface area contributed by atoms with Gasteiger partial charge in [0.15, 0.2) is 0 Å². The van der Waals surface area contributed by atoms with E-state index in [1.165, 1.54) is 0 Å². The molecule has 1 amide bonds. The van der Waals surface area contributed by atoms with E-state index in [4.69, 9.17) is 0 Å². The van der Waals surface area contributed by atoms with E-state index in [-0.39, 0.29) is 24.0 Å². The van der Waals surface area contributed by atoms with E-state index in [0.717, 1.165) is 11.3 Å². The van der Waals surface area contributed by atoms with E-state index in [1.54, 1.807) is 27.8 Å². The Morgan fingerprint density at radius 1 is 1.31 bits per heavy atom. The summed E-state index contributed by atoms with van der Waals surface area (Å²) in [6.07, 6.45) is 8.32. The lowest BCUT2D eigenvalue weighted by Gasteiger charge is -2.37. The Morgan fingerprint density at radius 3 is 2.81 bits per heavy atom. The lowest BCUT2D eigenvalue weighted by atomic mass is 9.75. The molecule has 2 aromatic heterocycles. The number of benzene rings is 1. The molecule has 1 fully saturated rings. The average molecular weight is 351 g/mol. The first-order chi connectivity index (χ1) is 12.6. The smallest absolute Gasteiger partial charge is 0.251 e. The summed E-state index contributed by atoms with van der Waals surface area (Å²) in [7, 11) is 1.85. The molecular weight excluding hydrogens is 330 g/mol. The average Bonchev–Trinajstić information content (AvgIpc) is 3.29. The van der Waals surface area contributed by atoms with Crippen molar-refractivity contribution in [3.05, 3.63) is 66.2 Å². The monoisotopic (exact) mass is 351 g/mol. The van der Waals surface area contributed by atoms with E-state index in [0.29, 0.717) is 18.4 Å². The summed E-state index contributed by atoms with van der Waals surface area (Å²) in [5, 5.41) is 21.2. The molecule has 2 heterocycles. The molecule has 3 aromatic rings. The Morgan fingerprint density at radius 2 is 2.15 bits per heavy atom. The Labute approximate surface area is 151 Å². The zero-order valence-corrected chi connectivity index (χ0v) is 14.5. The van der Waals surface area contributed by atoms with Crippen LogP contribution in [0, 0.1) is 5.92 Å². The van der Waals surface area contributed by atoms with Crippen LogP contribution >= 0.6 is 0 Å². The fourth-order valence-corrected chi connectivity index (χ4v) is 3.41. The third-order valence-electron chi connectivity index (χ3n) is 4.87. The van der Waals surface area contributed by atoms with Gasteiger partial charge in [-0.05, 0) is 43.0 Å². The summed E-state index contributed by atoms with van der Waals surface area (Å²) in [5.74, 6) is 0.0710. The minimum atomic E-state index is -0.279. The number of hydrogen-bond acceptors (Lipinski definition) is 4. The number of carbonyl (C=O) groups is 1. The Bertz CT molecular complexity index is 896. The Balaban J connectivity index is 1.56. The Kier molecular flexibility index (Phi) is 4.30. The van der Waals surface area contributed by atoms with Crippen LogP contribution in [0.5, 0.6) is 0 Å². The van der Waals surface area contributed by atoms with Crippen molar-refractivity contribution >= 4 is 5.91 Å². The van der Waals surface area contributed by atoms with E-state index >= 15 is 0 Å². The third kappa shape index (κ3) is 3.25. The molecule has 7 heteroatoms. The first-order valence-electron chi connectivity index (χ1n) is 8.67. The summed E-state index contributed by atoms with van der Waals surface area (Å²) >= 11 is 0. The van der Waals surface area contributed by atoms with Crippen LogP contribution in [0.1, 0.15) is 34.8 Å². The van der Waals surface area contributed by atoms with Crippen LogP contribution < -0.4 is 5.32 Å². The second-order valence-corrected chi connectivity index (χ2v) is 6.78. The van der Waals surface area contributed by atoms with Gasteiger partial charge in [-0.1, -0.05) is 6.07 Å². The molecule has 0 saturated heterocycles. The first kappa shape index (κ1) is 16.5. The molecule has 1 aliphatic carbocycles. The van der Waals surface area contributed by atoms with E-state index < -0.39 is 0 Å². The fraction of sp³-hybridized carbons (Fsp3) is 0.316. The lowest BCUT2D eigenvalue weighted by Crippen LogP contribution is -2.41. The predicted molar refractivity (Wildman–Crippen MR) is 95.7 cm³/mol. The van der Waals surface area contributed by atoms with E-state index in [9.17, 15) is 9.90 Å². The number of aromatic nitrogens is 4. The van der Waals surface area contributed by atoms with Crippen molar-refractivity contribution in [3.63, 3.8) is 0 Å². The predicted octanol–water partition coefficient (Wildman–Crippen LogP) is 1.85. The first-order valence-corrected chi connectivity index (χ1v) is 8.67. The third-order valence-corrected chi connectivity index (χ3v) is 4.87. The van der Waals surface area contributed by atoms with Gasteiger partial charge in [-0.15, -0.1) is 0 Å². The summed E-state index contributed by atoms with van der Waals surface area (Å²) < 4.78 is 3.44. The lowest BCUT2D eigenvalue weighted by molar-refractivity contribution is 0.0235. The molecule has 134 valence electrons. The highest BCUT2D eigenvalue weighted by atomic mass is 16.3. The van der Waals surface area contributed by atoms with Crippen LogP contribution in [-0.4, -0.2) is 36.7 Å². The molecule has 1 aromatic carbocycles. The maximum atomic E-state index is 12.9. The number of amides is 1. The molecule has 4 rings (SSSR count). The second-order valence-electron chi connectivity index (χ2n) is 6.78. The van der Waals surface area contributed by atoms with Gasteiger partial charge in [-0.25, -0.2) is 4.68 Å². The molecule has 2 N–H and O–H groups in total. The summed E-state index contributed by atoms with van der Waals surface area (Å²) in [4.78, 5) is 12.9. The molecule has 0 spiro atoms. The van der Waals surface area contributed by atoms with Crippen molar-refractivity contribution in [3.8, 4) is 5.69 Å². The highest BCUT2D eigenvalue weighted by molar-refractivity contribution is 5.95. The van der Waals surface area contributed by atoms with Gasteiger partial charge in [-0.2, -0.15) is 10.2 Å². The SMILES string of the molecule is Cn1cc([C@@H](NC(=O)c2cccc(-n3cccn3)c2)C2CC(O)C2)cn1. The molecular formula is C19H21N5O2. The summed E-state index contributed by atoms with van der Waals surface area (Å²) in [6.45, 7) is 0. The van der Waals surface area contributed by atoms with Gasteiger partial charge >= 0.3 is 0 Å². The number of nitrogens with one attached hydrogen (secondary N) is 1. The second kappa shape index (κ2) is 6.76. The zero-order chi connectivity index (χ0) is 18.1. The number of aliphatic hydroxyl groups excluding tert-OH is 1. The normalized spacial score (nSPS) is 20.4. The number of aliphatic hydroxyl groups is 1. The van der Waals surface area contributed by atoms with Gasteiger partial charge in [0, 0.05) is 36.8 Å². The fourth-order valence-electron chi connectivity index (χ4n) is 3.41. The number of rotatable bonds is 5. The van der Waals surface area contributed by atoms with Gasteiger partial charge in [0.05, 0.1) is 24.0 Å². The molecule has 0 unspecified atom stereocenters. The quantitative estimate of drug-likeness (QED) is 0.735. The molecule has 1 aliphatic rings. The van der Waals surface area contributed by atoms with Gasteiger partial charge in [0.1, 0.15) is 0 Å². The van der Waals surface area contributed by atoms with Crippen LogP contribution in [0.2, 0.25) is 0 Å².